The van der Waals surface area contributed by atoms with Crippen LogP contribution in [0.25, 0.3) is 12.2 Å². The van der Waals surface area contributed by atoms with Gasteiger partial charge in [-0.3, -0.25) is 0 Å². The number of pyridine rings is 1. The molecule has 3 heteroatoms. The Morgan fingerprint density at radius 1 is 1.00 bits per heavy atom. The predicted molar refractivity (Wildman–Crippen MR) is 60.7 cm³/mol. The van der Waals surface area contributed by atoms with Gasteiger partial charge in [0.1, 0.15) is 5.82 Å². The molecule has 0 spiro atoms. The Labute approximate surface area is 92.9 Å². The van der Waals surface area contributed by atoms with Crippen molar-refractivity contribution in [1.29, 1.82) is 0 Å². The van der Waals surface area contributed by atoms with Gasteiger partial charge in [0.05, 0.1) is 0 Å². The average Bonchev–Trinajstić information content (AvgIpc) is 2.30. The highest BCUT2D eigenvalue weighted by molar-refractivity contribution is 5.67. The summed E-state index contributed by atoms with van der Waals surface area (Å²) in [6.07, 6.45) is 4.57. The molecular formula is C13H10FNO. The van der Waals surface area contributed by atoms with E-state index in [4.69, 9.17) is 0 Å². The van der Waals surface area contributed by atoms with Crippen LogP contribution in [-0.2, 0) is 0 Å². The highest BCUT2D eigenvalue weighted by atomic mass is 19.1. The van der Waals surface area contributed by atoms with E-state index in [1.54, 1.807) is 48.6 Å². The zero-order valence-corrected chi connectivity index (χ0v) is 8.51. The van der Waals surface area contributed by atoms with E-state index in [2.05, 4.69) is 0 Å². The van der Waals surface area contributed by atoms with Gasteiger partial charge in [0, 0.05) is 23.8 Å². The Hall–Kier alpha value is -2.16. The Bertz CT molecular complexity index is 475. The van der Waals surface area contributed by atoms with Crippen molar-refractivity contribution in [3.63, 3.8) is 0 Å². The molecule has 0 amide bonds. The van der Waals surface area contributed by atoms with E-state index in [0.29, 0.717) is 11.3 Å². The lowest BCUT2D eigenvalue weighted by atomic mass is 10.2. The van der Waals surface area contributed by atoms with Crippen molar-refractivity contribution >= 4 is 12.2 Å². The van der Waals surface area contributed by atoms with Crippen molar-refractivity contribution in [2.24, 2.45) is 0 Å². The molecule has 0 saturated heterocycles. The summed E-state index contributed by atoms with van der Waals surface area (Å²) in [6.45, 7) is 0. The Morgan fingerprint density at radius 3 is 2.50 bits per heavy atom. The van der Waals surface area contributed by atoms with Gasteiger partial charge in [-0.25, -0.2) is 4.39 Å². The maximum absolute atomic E-state index is 13.3. The van der Waals surface area contributed by atoms with Crippen molar-refractivity contribution in [3.05, 3.63) is 70.9 Å². The topological polar surface area (TPSA) is 26.9 Å². The fraction of sp³-hybridized carbons (Fsp3) is 0. The van der Waals surface area contributed by atoms with Crippen molar-refractivity contribution in [2.45, 2.75) is 0 Å². The summed E-state index contributed by atoms with van der Waals surface area (Å²) in [6, 6.07) is 11.5. The van der Waals surface area contributed by atoms with Crippen molar-refractivity contribution < 1.29 is 9.12 Å². The second kappa shape index (κ2) is 4.57. The number of aromatic nitrogens is 1. The highest BCUT2D eigenvalue weighted by Crippen LogP contribution is 2.09. The number of rotatable bonds is 2. The summed E-state index contributed by atoms with van der Waals surface area (Å²) < 4.78 is 14.0. The van der Waals surface area contributed by atoms with Crippen LogP contribution in [0.3, 0.4) is 0 Å². The van der Waals surface area contributed by atoms with E-state index in [9.17, 15) is 9.60 Å². The fourth-order valence-corrected chi connectivity index (χ4v) is 1.36. The third-order valence-corrected chi connectivity index (χ3v) is 2.19. The van der Waals surface area contributed by atoms with Gasteiger partial charge in [-0.05, 0) is 18.2 Å². The lowest BCUT2D eigenvalue weighted by Crippen LogP contribution is -2.28. The van der Waals surface area contributed by atoms with E-state index in [-0.39, 0.29) is 5.82 Å². The van der Waals surface area contributed by atoms with Crippen molar-refractivity contribution in [1.82, 2.24) is 0 Å². The van der Waals surface area contributed by atoms with Gasteiger partial charge in [-0.1, -0.05) is 18.2 Å². The smallest absolute Gasteiger partial charge is 0.216 e. The van der Waals surface area contributed by atoms with Crippen LogP contribution in [0.2, 0.25) is 0 Å². The number of benzene rings is 1. The molecule has 2 aromatic rings. The summed E-state index contributed by atoms with van der Waals surface area (Å²) in [5.74, 6) is -0.299. The van der Waals surface area contributed by atoms with Gasteiger partial charge in [0.2, 0.25) is 5.69 Å². The minimum atomic E-state index is -0.299. The molecule has 0 radical (unpaired) electrons. The summed E-state index contributed by atoms with van der Waals surface area (Å²) in [4.78, 5) is 0. The largest absolute Gasteiger partial charge is 0.618 e. The Morgan fingerprint density at radius 2 is 1.75 bits per heavy atom. The first-order valence-corrected chi connectivity index (χ1v) is 4.88. The Kier molecular flexibility index (Phi) is 2.96. The summed E-state index contributed by atoms with van der Waals surface area (Å²) in [5, 5.41) is 11.3. The standard InChI is InChI=1S/C13H10FNO/c14-13-7-2-1-5-11(13)8-9-12-6-3-4-10-15(12)16/h1-10H/b9-8+. The number of hydrogen-bond donors (Lipinski definition) is 0. The van der Waals surface area contributed by atoms with Crippen LogP contribution >= 0.6 is 0 Å². The zero-order chi connectivity index (χ0) is 11.4. The normalized spacial score (nSPS) is 10.8. The molecule has 0 atom stereocenters. The molecule has 1 heterocycles. The minimum Gasteiger partial charge on any atom is -0.618 e. The molecule has 1 aromatic carbocycles. The third-order valence-electron chi connectivity index (χ3n) is 2.19. The summed E-state index contributed by atoms with van der Waals surface area (Å²) >= 11 is 0. The van der Waals surface area contributed by atoms with Crippen LogP contribution in [0, 0.1) is 11.0 Å². The van der Waals surface area contributed by atoms with E-state index in [0.717, 1.165) is 4.73 Å². The monoisotopic (exact) mass is 215 g/mol. The molecule has 0 N–H and O–H groups in total. The van der Waals surface area contributed by atoms with E-state index >= 15 is 0 Å². The molecule has 2 nitrogen and oxygen atoms in total. The second-order valence-electron chi connectivity index (χ2n) is 3.31. The third kappa shape index (κ3) is 2.25. The molecule has 1 aromatic heterocycles. The first-order valence-electron chi connectivity index (χ1n) is 4.88. The lowest BCUT2D eigenvalue weighted by Gasteiger charge is -1.99. The quantitative estimate of drug-likeness (QED) is 0.558. The van der Waals surface area contributed by atoms with E-state index < -0.39 is 0 Å². The van der Waals surface area contributed by atoms with E-state index in [1.807, 2.05) is 0 Å². The van der Waals surface area contributed by atoms with Crippen LogP contribution in [0.5, 0.6) is 0 Å². The van der Waals surface area contributed by atoms with Crippen LogP contribution in [0.15, 0.2) is 48.7 Å². The predicted octanol–water partition coefficient (Wildman–Crippen LogP) is 2.63. The molecule has 16 heavy (non-hydrogen) atoms. The molecule has 0 saturated carbocycles. The zero-order valence-electron chi connectivity index (χ0n) is 8.51. The molecule has 2 rings (SSSR count). The SMILES string of the molecule is [O-][n+]1ccccc1/C=C/c1ccccc1F. The summed E-state index contributed by atoms with van der Waals surface area (Å²) in [5.41, 5.74) is 0.942. The fourth-order valence-electron chi connectivity index (χ4n) is 1.36. The molecule has 80 valence electrons. The number of nitrogens with zero attached hydrogens (tertiary/aromatic N) is 1. The first-order chi connectivity index (χ1) is 7.77. The maximum atomic E-state index is 13.3. The van der Waals surface area contributed by atoms with Crippen LogP contribution in [-0.4, -0.2) is 0 Å². The minimum absolute atomic E-state index is 0.299. The number of hydrogen-bond acceptors (Lipinski definition) is 1. The molecular weight excluding hydrogens is 205 g/mol. The van der Waals surface area contributed by atoms with Gasteiger partial charge >= 0.3 is 0 Å². The van der Waals surface area contributed by atoms with Gasteiger partial charge in [-0.15, -0.1) is 0 Å². The molecule has 0 bridgehead atoms. The van der Waals surface area contributed by atoms with Crippen LogP contribution in [0.1, 0.15) is 11.3 Å². The lowest BCUT2D eigenvalue weighted by molar-refractivity contribution is -0.607. The number of halogens is 1. The van der Waals surface area contributed by atoms with Gasteiger partial charge < -0.3 is 5.21 Å². The van der Waals surface area contributed by atoms with Crippen LogP contribution in [0.4, 0.5) is 4.39 Å². The molecule has 0 aliphatic heterocycles. The molecule has 0 fully saturated rings. The maximum Gasteiger partial charge on any atom is 0.216 e. The molecule has 0 aliphatic rings. The average molecular weight is 215 g/mol. The Balaban J connectivity index is 2.29. The molecule has 0 unspecified atom stereocenters. The second-order valence-corrected chi connectivity index (χ2v) is 3.31. The van der Waals surface area contributed by atoms with Gasteiger partial charge in [0.25, 0.3) is 0 Å². The highest BCUT2D eigenvalue weighted by Gasteiger charge is 1.99. The van der Waals surface area contributed by atoms with Crippen molar-refractivity contribution in [2.75, 3.05) is 0 Å². The van der Waals surface area contributed by atoms with E-state index in [1.165, 1.54) is 12.3 Å². The van der Waals surface area contributed by atoms with Gasteiger partial charge in [-0.2, -0.15) is 4.73 Å². The molecule has 0 aliphatic carbocycles. The van der Waals surface area contributed by atoms with Crippen LogP contribution < -0.4 is 4.73 Å². The first kappa shape index (κ1) is 10.4. The van der Waals surface area contributed by atoms with Crippen molar-refractivity contribution in [3.8, 4) is 0 Å². The van der Waals surface area contributed by atoms with Gasteiger partial charge in [0.15, 0.2) is 6.20 Å². The summed E-state index contributed by atoms with van der Waals surface area (Å²) in [7, 11) is 0.